The number of piperidine rings is 1. The van der Waals surface area contributed by atoms with Crippen LogP contribution < -0.4 is 10.6 Å². The van der Waals surface area contributed by atoms with Crippen LogP contribution in [-0.4, -0.2) is 34.4 Å². The molecule has 1 aliphatic heterocycles. The highest BCUT2D eigenvalue weighted by atomic mass is 16.2. The van der Waals surface area contributed by atoms with Crippen molar-refractivity contribution in [3.63, 3.8) is 0 Å². The number of rotatable bonds is 2. The fraction of sp³-hybridized carbons (Fsp3) is 0.400. The number of nitrogens with zero attached hydrogens (tertiary/aromatic N) is 2. The Bertz CT molecular complexity index is 383. The monoisotopic (exact) mass is 220 g/mol. The van der Waals surface area contributed by atoms with Crippen molar-refractivity contribution >= 4 is 11.8 Å². The Labute approximate surface area is 92.5 Å². The number of nitrogens with one attached hydrogen (secondary N) is 2. The SMILES string of the molecule is O=C1CCC(NC(=O)c2cncnc2)CN1. The second-order valence-electron chi connectivity index (χ2n) is 3.64. The topological polar surface area (TPSA) is 84.0 Å². The van der Waals surface area contributed by atoms with Crippen LogP contribution >= 0.6 is 0 Å². The molecule has 16 heavy (non-hydrogen) atoms. The number of carbonyl (C=O) groups is 2. The highest BCUT2D eigenvalue weighted by Gasteiger charge is 2.20. The van der Waals surface area contributed by atoms with Gasteiger partial charge >= 0.3 is 0 Å². The van der Waals surface area contributed by atoms with Gasteiger partial charge in [-0.25, -0.2) is 9.97 Å². The van der Waals surface area contributed by atoms with Gasteiger partial charge in [-0.3, -0.25) is 9.59 Å². The van der Waals surface area contributed by atoms with Gasteiger partial charge in [-0.2, -0.15) is 0 Å². The minimum atomic E-state index is -0.207. The summed E-state index contributed by atoms with van der Waals surface area (Å²) in [6.07, 6.45) is 5.42. The van der Waals surface area contributed by atoms with Crippen LogP contribution in [0.2, 0.25) is 0 Å². The molecule has 1 saturated heterocycles. The molecule has 2 rings (SSSR count). The highest BCUT2D eigenvalue weighted by molar-refractivity contribution is 5.93. The van der Waals surface area contributed by atoms with Crippen molar-refractivity contribution in [3.8, 4) is 0 Å². The molecule has 1 fully saturated rings. The molecule has 2 heterocycles. The molecule has 0 bridgehead atoms. The Kier molecular flexibility index (Phi) is 3.09. The Balaban J connectivity index is 1.91. The van der Waals surface area contributed by atoms with Gasteiger partial charge < -0.3 is 10.6 Å². The molecule has 1 aromatic rings. The van der Waals surface area contributed by atoms with Gasteiger partial charge in [-0.05, 0) is 6.42 Å². The lowest BCUT2D eigenvalue weighted by molar-refractivity contribution is -0.122. The van der Waals surface area contributed by atoms with E-state index < -0.39 is 0 Å². The summed E-state index contributed by atoms with van der Waals surface area (Å²) < 4.78 is 0. The zero-order valence-electron chi connectivity index (χ0n) is 8.64. The van der Waals surface area contributed by atoms with Gasteiger partial charge in [0.15, 0.2) is 0 Å². The molecule has 1 atom stereocenters. The molecule has 1 aromatic heterocycles. The molecule has 6 nitrogen and oxygen atoms in total. The first-order chi connectivity index (χ1) is 7.75. The Hall–Kier alpha value is -1.98. The minimum absolute atomic E-state index is 0.00888. The van der Waals surface area contributed by atoms with Gasteiger partial charge in [-0.15, -0.1) is 0 Å². The van der Waals surface area contributed by atoms with E-state index in [1.54, 1.807) is 0 Å². The molecule has 0 spiro atoms. The third-order valence-electron chi connectivity index (χ3n) is 2.42. The molecule has 1 aliphatic rings. The van der Waals surface area contributed by atoms with Crippen LogP contribution in [0, 0.1) is 0 Å². The third kappa shape index (κ3) is 2.53. The smallest absolute Gasteiger partial charge is 0.254 e. The third-order valence-corrected chi connectivity index (χ3v) is 2.42. The van der Waals surface area contributed by atoms with Gasteiger partial charge in [0, 0.05) is 31.4 Å². The Morgan fingerprint density at radius 1 is 1.44 bits per heavy atom. The summed E-state index contributed by atoms with van der Waals surface area (Å²) >= 11 is 0. The maximum absolute atomic E-state index is 11.7. The quantitative estimate of drug-likeness (QED) is 0.702. The molecule has 0 radical (unpaired) electrons. The summed E-state index contributed by atoms with van der Waals surface area (Å²) in [5.41, 5.74) is 0.430. The van der Waals surface area contributed by atoms with Crippen LogP contribution in [0.15, 0.2) is 18.7 Å². The summed E-state index contributed by atoms with van der Waals surface area (Å²) in [5, 5.41) is 5.53. The van der Waals surface area contributed by atoms with Crippen molar-refractivity contribution in [2.45, 2.75) is 18.9 Å². The average Bonchev–Trinajstić information content (AvgIpc) is 2.33. The Morgan fingerprint density at radius 2 is 2.19 bits per heavy atom. The zero-order valence-corrected chi connectivity index (χ0v) is 8.64. The van der Waals surface area contributed by atoms with E-state index >= 15 is 0 Å². The van der Waals surface area contributed by atoms with Crippen LogP contribution in [0.25, 0.3) is 0 Å². The molecule has 6 heteroatoms. The van der Waals surface area contributed by atoms with E-state index in [1.807, 2.05) is 0 Å². The second kappa shape index (κ2) is 4.69. The van der Waals surface area contributed by atoms with E-state index in [1.165, 1.54) is 18.7 Å². The predicted octanol–water partition coefficient (Wildman–Crippen LogP) is -0.515. The maximum Gasteiger partial charge on any atom is 0.254 e. The summed E-state index contributed by atoms with van der Waals surface area (Å²) in [6, 6.07) is -0.00888. The molecular formula is C10H12N4O2. The van der Waals surface area contributed by atoms with Crippen LogP contribution in [0.3, 0.4) is 0 Å². The number of aromatic nitrogens is 2. The maximum atomic E-state index is 11.7. The van der Waals surface area contributed by atoms with Crippen molar-refractivity contribution in [2.75, 3.05) is 6.54 Å². The molecular weight excluding hydrogens is 208 g/mol. The van der Waals surface area contributed by atoms with Crippen molar-refractivity contribution in [1.82, 2.24) is 20.6 Å². The molecule has 2 N–H and O–H groups in total. The zero-order chi connectivity index (χ0) is 11.4. The van der Waals surface area contributed by atoms with Gasteiger partial charge in [0.2, 0.25) is 5.91 Å². The molecule has 1 unspecified atom stereocenters. The number of carbonyl (C=O) groups excluding carboxylic acids is 2. The fourth-order valence-electron chi connectivity index (χ4n) is 1.54. The lowest BCUT2D eigenvalue weighted by Crippen LogP contribution is -2.47. The summed E-state index contributed by atoms with van der Waals surface area (Å²) in [5.74, 6) is -0.171. The number of hydrogen-bond donors (Lipinski definition) is 2. The van der Waals surface area contributed by atoms with Gasteiger partial charge in [0.1, 0.15) is 6.33 Å². The van der Waals surface area contributed by atoms with E-state index in [-0.39, 0.29) is 17.9 Å². The van der Waals surface area contributed by atoms with E-state index in [2.05, 4.69) is 20.6 Å². The van der Waals surface area contributed by atoms with E-state index in [4.69, 9.17) is 0 Å². The summed E-state index contributed by atoms with van der Waals surface area (Å²) in [7, 11) is 0. The highest BCUT2D eigenvalue weighted by Crippen LogP contribution is 2.04. The summed E-state index contributed by atoms with van der Waals surface area (Å²) in [6.45, 7) is 0.484. The van der Waals surface area contributed by atoms with E-state index in [9.17, 15) is 9.59 Å². The van der Waals surface area contributed by atoms with Crippen LogP contribution in [0.1, 0.15) is 23.2 Å². The van der Waals surface area contributed by atoms with E-state index in [0.29, 0.717) is 24.9 Å². The fourth-order valence-corrected chi connectivity index (χ4v) is 1.54. The van der Waals surface area contributed by atoms with Crippen molar-refractivity contribution in [3.05, 3.63) is 24.3 Å². The first kappa shape index (κ1) is 10.5. The molecule has 84 valence electrons. The Morgan fingerprint density at radius 3 is 2.81 bits per heavy atom. The molecule has 0 aromatic carbocycles. The standard InChI is InChI=1S/C10H12N4O2/c15-9-2-1-8(5-13-9)14-10(16)7-3-11-6-12-4-7/h3-4,6,8H,1-2,5H2,(H,13,15)(H,14,16). The van der Waals surface area contributed by atoms with Crippen molar-refractivity contribution in [1.29, 1.82) is 0 Å². The van der Waals surface area contributed by atoms with Crippen LogP contribution in [-0.2, 0) is 4.79 Å². The molecule has 2 amide bonds. The van der Waals surface area contributed by atoms with Crippen LogP contribution in [0.5, 0.6) is 0 Å². The second-order valence-corrected chi connectivity index (χ2v) is 3.64. The summed E-state index contributed by atoms with van der Waals surface area (Å²) in [4.78, 5) is 30.1. The first-order valence-corrected chi connectivity index (χ1v) is 5.08. The van der Waals surface area contributed by atoms with E-state index in [0.717, 1.165) is 0 Å². The minimum Gasteiger partial charge on any atom is -0.354 e. The molecule has 0 saturated carbocycles. The number of hydrogen-bond acceptors (Lipinski definition) is 4. The van der Waals surface area contributed by atoms with Gasteiger partial charge in [0.05, 0.1) is 5.56 Å². The largest absolute Gasteiger partial charge is 0.354 e. The first-order valence-electron chi connectivity index (χ1n) is 5.08. The average molecular weight is 220 g/mol. The van der Waals surface area contributed by atoms with Crippen molar-refractivity contribution < 1.29 is 9.59 Å². The van der Waals surface area contributed by atoms with Gasteiger partial charge in [-0.1, -0.05) is 0 Å². The normalized spacial score (nSPS) is 20.0. The predicted molar refractivity (Wildman–Crippen MR) is 55.5 cm³/mol. The van der Waals surface area contributed by atoms with Gasteiger partial charge in [0.25, 0.3) is 5.91 Å². The van der Waals surface area contributed by atoms with Crippen LogP contribution in [0.4, 0.5) is 0 Å². The lowest BCUT2D eigenvalue weighted by atomic mass is 10.1. The lowest BCUT2D eigenvalue weighted by Gasteiger charge is -2.23. The number of amides is 2. The molecule has 0 aliphatic carbocycles. The van der Waals surface area contributed by atoms with Crippen molar-refractivity contribution in [2.24, 2.45) is 0 Å².